The fraction of sp³-hybridized carbons (Fsp3) is 0.842. The van der Waals surface area contributed by atoms with Gasteiger partial charge >= 0.3 is 5.97 Å². The van der Waals surface area contributed by atoms with Crippen LogP contribution in [0.15, 0.2) is 12.2 Å². The number of carbonyl (C=O) groups excluding carboxylic acids is 1. The molecule has 1 heterocycles. The summed E-state index contributed by atoms with van der Waals surface area (Å²) in [4.78, 5) is 12.6. The van der Waals surface area contributed by atoms with Crippen LogP contribution in [-0.4, -0.2) is 12.1 Å². The predicted molar refractivity (Wildman–Crippen MR) is 84.8 cm³/mol. The van der Waals surface area contributed by atoms with Crippen LogP contribution in [0, 0.1) is 22.7 Å². The summed E-state index contributed by atoms with van der Waals surface area (Å²) in [5, 5.41) is 0. The first kappa shape index (κ1) is 15.1. The average Bonchev–Trinajstić information content (AvgIpc) is 2.77. The topological polar surface area (TPSA) is 26.3 Å². The van der Waals surface area contributed by atoms with Gasteiger partial charge in [0.05, 0.1) is 5.41 Å². The van der Waals surface area contributed by atoms with E-state index in [-0.39, 0.29) is 17.5 Å². The number of allylic oxidation sites excluding steroid dienone is 1. The van der Waals surface area contributed by atoms with Crippen LogP contribution < -0.4 is 0 Å². The fourth-order valence-electron chi connectivity index (χ4n) is 5.08. The molecule has 118 valence electrons. The van der Waals surface area contributed by atoms with Crippen molar-refractivity contribution < 1.29 is 9.53 Å². The highest BCUT2D eigenvalue weighted by Gasteiger charge is 2.53. The monoisotopic (exact) mass is 290 g/mol. The summed E-state index contributed by atoms with van der Waals surface area (Å²) in [6.07, 6.45) is 9.19. The van der Waals surface area contributed by atoms with Gasteiger partial charge in [0.1, 0.15) is 6.10 Å². The summed E-state index contributed by atoms with van der Waals surface area (Å²) in [6, 6.07) is 0. The highest BCUT2D eigenvalue weighted by Crippen LogP contribution is 2.59. The molecule has 1 aliphatic heterocycles. The van der Waals surface area contributed by atoms with Crippen molar-refractivity contribution in [3.8, 4) is 0 Å². The molecule has 2 saturated carbocycles. The summed E-state index contributed by atoms with van der Waals surface area (Å²) in [5.41, 5.74) is 1.56. The molecule has 21 heavy (non-hydrogen) atoms. The Kier molecular flexibility index (Phi) is 3.70. The minimum absolute atomic E-state index is 0.0750. The molecule has 2 aliphatic carbocycles. The molecule has 2 nitrogen and oxygen atoms in total. The third kappa shape index (κ3) is 2.26. The number of hydrogen-bond acceptors (Lipinski definition) is 2. The first-order valence-electron chi connectivity index (χ1n) is 8.79. The molecular weight excluding hydrogens is 260 g/mol. The molecule has 3 aliphatic rings. The Morgan fingerprint density at radius 1 is 1.14 bits per heavy atom. The first-order chi connectivity index (χ1) is 9.90. The smallest absolute Gasteiger partial charge is 0.312 e. The van der Waals surface area contributed by atoms with Gasteiger partial charge in [0.15, 0.2) is 0 Å². The molecule has 2 heteroatoms. The number of rotatable bonds is 2. The maximum absolute atomic E-state index is 12.6. The van der Waals surface area contributed by atoms with Crippen LogP contribution in [0.25, 0.3) is 0 Å². The van der Waals surface area contributed by atoms with Crippen molar-refractivity contribution in [2.75, 3.05) is 0 Å². The fourth-order valence-corrected chi connectivity index (χ4v) is 5.08. The Morgan fingerprint density at radius 2 is 1.81 bits per heavy atom. The zero-order valence-corrected chi connectivity index (χ0v) is 13.9. The van der Waals surface area contributed by atoms with E-state index in [9.17, 15) is 4.79 Å². The lowest BCUT2D eigenvalue weighted by Crippen LogP contribution is -2.47. The van der Waals surface area contributed by atoms with Gasteiger partial charge in [0, 0.05) is 0 Å². The van der Waals surface area contributed by atoms with Crippen LogP contribution in [0.2, 0.25) is 0 Å². The van der Waals surface area contributed by atoms with Gasteiger partial charge in [-0.3, -0.25) is 4.79 Å². The van der Waals surface area contributed by atoms with E-state index in [4.69, 9.17) is 4.74 Å². The minimum atomic E-state index is -0.239. The number of ether oxygens (including phenoxy) is 1. The maximum Gasteiger partial charge on any atom is 0.312 e. The van der Waals surface area contributed by atoms with Crippen LogP contribution in [0.3, 0.4) is 0 Å². The van der Waals surface area contributed by atoms with E-state index < -0.39 is 0 Å². The Balaban J connectivity index is 1.74. The van der Waals surface area contributed by atoms with Crippen LogP contribution in [0.4, 0.5) is 0 Å². The van der Waals surface area contributed by atoms with E-state index in [0.29, 0.717) is 11.3 Å². The number of cyclic esters (lactones) is 1. The average molecular weight is 290 g/mol. The first-order valence-corrected chi connectivity index (χ1v) is 8.79. The van der Waals surface area contributed by atoms with E-state index >= 15 is 0 Å². The molecule has 0 bridgehead atoms. The van der Waals surface area contributed by atoms with Crippen LogP contribution in [-0.2, 0) is 9.53 Å². The molecule has 1 saturated heterocycles. The second-order valence-electron chi connectivity index (χ2n) is 8.12. The number of fused-ring (bicyclic) bond motifs is 1. The highest BCUT2D eigenvalue weighted by atomic mass is 16.5. The van der Waals surface area contributed by atoms with Crippen molar-refractivity contribution in [1.82, 2.24) is 0 Å². The van der Waals surface area contributed by atoms with Gasteiger partial charge in [0.2, 0.25) is 0 Å². The van der Waals surface area contributed by atoms with Gasteiger partial charge in [0.25, 0.3) is 0 Å². The SMILES string of the molecule is C=C1CCC2CC(C3(C)CCC(CC)OC3=O)CCC12C. The van der Waals surface area contributed by atoms with Gasteiger partial charge in [-0.05, 0) is 75.5 Å². The summed E-state index contributed by atoms with van der Waals surface area (Å²) in [6.45, 7) is 11.0. The molecule has 0 spiro atoms. The van der Waals surface area contributed by atoms with E-state index in [1.807, 2.05) is 0 Å². The zero-order chi connectivity index (χ0) is 15.3. The summed E-state index contributed by atoms with van der Waals surface area (Å²) in [7, 11) is 0. The standard InChI is InChI=1S/C19H30O2/c1-5-16-9-11-19(4,17(20)21-16)15-8-10-18(3)13(2)6-7-14(18)12-15/h14-16H,2,5-12H2,1,3-4H3. The van der Waals surface area contributed by atoms with Crippen LogP contribution in [0.5, 0.6) is 0 Å². The number of carbonyl (C=O) groups is 1. The van der Waals surface area contributed by atoms with Crippen molar-refractivity contribution in [2.24, 2.45) is 22.7 Å². The van der Waals surface area contributed by atoms with Gasteiger partial charge < -0.3 is 4.74 Å². The third-order valence-corrected chi connectivity index (χ3v) is 7.17. The van der Waals surface area contributed by atoms with Gasteiger partial charge in [-0.15, -0.1) is 0 Å². The molecule has 5 atom stereocenters. The van der Waals surface area contributed by atoms with E-state index in [2.05, 4.69) is 27.4 Å². The molecule has 3 fully saturated rings. The Bertz CT molecular complexity index is 454. The molecular formula is C19H30O2. The lowest BCUT2D eigenvalue weighted by atomic mass is 9.58. The van der Waals surface area contributed by atoms with Crippen LogP contribution in [0.1, 0.15) is 72.1 Å². The molecule has 5 unspecified atom stereocenters. The van der Waals surface area contributed by atoms with Crippen molar-refractivity contribution in [2.45, 2.75) is 78.2 Å². The third-order valence-electron chi connectivity index (χ3n) is 7.17. The Labute approximate surface area is 129 Å². The molecule has 0 N–H and O–H groups in total. The molecule has 0 radical (unpaired) electrons. The maximum atomic E-state index is 12.6. The number of hydrogen-bond donors (Lipinski definition) is 0. The van der Waals surface area contributed by atoms with Gasteiger partial charge in [-0.1, -0.05) is 26.0 Å². The van der Waals surface area contributed by atoms with E-state index in [1.54, 1.807) is 0 Å². The van der Waals surface area contributed by atoms with Crippen molar-refractivity contribution in [1.29, 1.82) is 0 Å². The largest absolute Gasteiger partial charge is 0.462 e. The molecule has 0 aromatic rings. The summed E-state index contributed by atoms with van der Waals surface area (Å²) >= 11 is 0. The predicted octanol–water partition coefficient (Wildman–Crippen LogP) is 4.88. The molecule has 0 amide bonds. The molecule has 0 aromatic carbocycles. The van der Waals surface area contributed by atoms with E-state index in [0.717, 1.165) is 31.6 Å². The quantitative estimate of drug-likeness (QED) is 0.535. The Hall–Kier alpha value is -0.790. The minimum Gasteiger partial charge on any atom is -0.462 e. The molecule has 0 aromatic heterocycles. The summed E-state index contributed by atoms with van der Waals surface area (Å²) in [5.74, 6) is 1.31. The zero-order valence-electron chi connectivity index (χ0n) is 13.9. The van der Waals surface area contributed by atoms with Gasteiger partial charge in [-0.2, -0.15) is 0 Å². The second kappa shape index (κ2) is 5.14. The van der Waals surface area contributed by atoms with Gasteiger partial charge in [-0.25, -0.2) is 0 Å². The lowest BCUT2D eigenvalue weighted by Gasteiger charge is -2.48. The lowest BCUT2D eigenvalue weighted by molar-refractivity contribution is -0.176. The van der Waals surface area contributed by atoms with Crippen molar-refractivity contribution >= 4 is 5.97 Å². The Morgan fingerprint density at radius 3 is 2.48 bits per heavy atom. The normalized spacial score (nSPS) is 47.1. The molecule has 3 rings (SSSR count). The second-order valence-corrected chi connectivity index (χ2v) is 8.12. The van der Waals surface area contributed by atoms with E-state index in [1.165, 1.54) is 31.3 Å². The van der Waals surface area contributed by atoms with Crippen molar-refractivity contribution in [3.63, 3.8) is 0 Å². The van der Waals surface area contributed by atoms with Crippen molar-refractivity contribution in [3.05, 3.63) is 12.2 Å². The highest BCUT2D eigenvalue weighted by molar-refractivity contribution is 5.77. The van der Waals surface area contributed by atoms with Crippen LogP contribution >= 0.6 is 0 Å². The number of esters is 1. The summed E-state index contributed by atoms with van der Waals surface area (Å²) < 4.78 is 5.71.